The van der Waals surface area contributed by atoms with Crippen molar-refractivity contribution in [3.8, 4) is 23.0 Å². The highest BCUT2D eigenvalue weighted by Gasteiger charge is 2.35. The van der Waals surface area contributed by atoms with Crippen LogP contribution in [0.3, 0.4) is 0 Å². The molecular weight excluding hydrogens is 669 g/mol. The molecule has 47 heavy (non-hydrogen) atoms. The van der Waals surface area contributed by atoms with Gasteiger partial charge >= 0.3 is 0 Å². The highest BCUT2D eigenvalue weighted by Crippen LogP contribution is 2.38. The van der Waals surface area contributed by atoms with Gasteiger partial charge < -0.3 is 29.2 Å². The maximum absolute atomic E-state index is 14.5. The number of sulfonamides is 1. The number of nitrogens with one attached hydrogen (secondary N) is 1. The normalized spacial score (nSPS) is 11.9. The predicted molar refractivity (Wildman–Crippen MR) is 183 cm³/mol. The first kappa shape index (κ1) is 37.6. The van der Waals surface area contributed by atoms with E-state index in [0.717, 1.165) is 4.31 Å². The molecule has 14 heteroatoms. The van der Waals surface area contributed by atoms with E-state index in [0.29, 0.717) is 28.6 Å². The number of methoxy groups -OCH3 is 4. The summed E-state index contributed by atoms with van der Waals surface area (Å²) in [7, 11) is 1.16. The zero-order valence-corrected chi connectivity index (χ0v) is 29.8. The van der Waals surface area contributed by atoms with Gasteiger partial charge in [-0.2, -0.15) is 0 Å². The van der Waals surface area contributed by atoms with Crippen molar-refractivity contribution >= 4 is 50.7 Å². The SMILES string of the molecule is CC[C@H](C(=O)NCC(C)C)N(Cc1ccc(Cl)c(Cl)c1)C(=O)CN(c1cc(OC)ccc1OC)S(=O)(=O)c1ccc(OC)c(OC)c1. The van der Waals surface area contributed by atoms with E-state index in [1.807, 2.05) is 13.8 Å². The minimum atomic E-state index is -4.48. The van der Waals surface area contributed by atoms with E-state index in [2.05, 4.69) is 5.32 Å². The highest BCUT2D eigenvalue weighted by atomic mass is 35.5. The minimum absolute atomic E-state index is 0.0433. The van der Waals surface area contributed by atoms with E-state index in [9.17, 15) is 18.0 Å². The average Bonchev–Trinajstić information content (AvgIpc) is 3.06. The second-order valence-corrected chi connectivity index (χ2v) is 13.6. The summed E-state index contributed by atoms with van der Waals surface area (Å²) >= 11 is 12.4. The van der Waals surface area contributed by atoms with Crippen LogP contribution >= 0.6 is 23.2 Å². The molecule has 2 amide bonds. The fraction of sp³-hybridized carbons (Fsp3) is 0.394. The smallest absolute Gasteiger partial charge is 0.265 e. The van der Waals surface area contributed by atoms with E-state index in [1.165, 1.54) is 63.7 Å². The van der Waals surface area contributed by atoms with Gasteiger partial charge in [0.1, 0.15) is 24.1 Å². The summed E-state index contributed by atoms with van der Waals surface area (Å²) in [5.74, 6) is 0.122. The Morgan fingerprint density at radius 3 is 2.06 bits per heavy atom. The second kappa shape index (κ2) is 16.8. The first-order chi connectivity index (χ1) is 22.3. The van der Waals surface area contributed by atoms with Gasteiger partial charge in [-0.1, -0.05) is 50.0 Å². The second-order valence-electron chi connectivity index (χ2n) is 10.9. The van der Waals surface area contributed by atoms with E-state index in [-0.39, 0.29) is 51.9 Å². The lowest BCUT2D eigenvalue weighted by Gasteiger charge is -2.33. The lowest BCUT2D eigenvalue weighted by atomic mass is 10.1. The maximum atomic E-state index is 14.5. The zero-order valence-electron chi connectivity index (χ0n) is 27.5. The van der Waals surface area contributed by atoms with Gasteiger partial charge in [0.25, 0.3) is 10.0 Å². The van der Waals surface area contributed by atoms with Crippen LogP contribution in [-0.2, 0) is 26.2 Å². The van der Waals surface area contributed by atoms with Crippen LogP contribution in [0.1, 0.15) is 32.8 Å². The molecule has 1 atom stereocenters. The molecule has 0 unspecified atom stereocenters. The molecule has 0 aliphatic heterocycles. The molecule has 0 fully saturated rings. The monoisotopic (exact) mass is 709 g/mol. The molecule has 1 N–H and O–H groups in total. The topological polar surface area (TPSA) is 124 Å². The molecule has 0 aliphatic carbocycles. The van der Waals surface area contributed by atoms with Crippen molar-refractivity contribution < 1.29 is 37.0 Å². The predicted octanol–water partition coefficient (Wildman–Crippen LogP) is 5.80. The Hall–Kier alpha value is -3.87. The Bertz CT molecular complexity index is 1670. The third-order valence-corrected chi connectivity index (χ3v) is 9.78. The number of ether oxygens (including phenoxy) is 4. The van der Waals surface area contributed by atoms with Crippen LogP contribution in [0.5, 0.6) is 23.0 Å². The third kappa shape index (κ3) is 9.15. The Labute approximate surface area is 286 Å². The molecule has 0 heterocycles. The lowest BCUT2D eigenvalue weighted by molar-refractivity contribution is -0.140. The van der Waals surface area contributed by atoms with Gasteiger partial charge in [-0.25, -0.2) is 8.42 Å². The van der Waals surface area contributed by atoms with Crippen LogP contribution < -0.4 is 28.6 Å². The first-order valence-corrected chi connectivity index (χ1v) is 17.0. The molecule has 0 saturated carbocycles. The Morgan fingerprint density at radius 2 is 1.49 bits per heavy atom. The van der Waals surface area contributed by atoms with Crippen LogP contribution in [-0.4, -0.2) is 72.7 Å². The minimum Gasteiger partial charge on any atom is -0.497 e. The number of hydrogen-bond donors (Lipinski definition) is 1. The Balaban J connectivity index is 2.20. The van der Waals surface area contributed by atoms with Crippen molar-refractivity contribution in [1.29, 1.82) is 0 Å². The Kier molecular flexibility index (Phi) is 13.4. The summed E-state index contributed by atoms with van der Waals surface area (Å²) in [5, 5.41) is 3.50. The molecule has 0 saturated heterocycles. The van der Waals surface area contributed by atoms with Crippen molar-refractivity contribution in [2.24, 2.45) is 5.92 Å². The molecule has 0 bridgehead atoms. The summed E-state index contributed by atoms with van der Waals surface area (Å²) in [6.45, 7) is 5.33. The van der Waals surface area contributed by atoms with Gasteiger partial charge in [0.15, 0.2) is 11.5 Å². The van der Waals surface area contributed by atoms with Crippen LogP contribution in [0.4, 0.5) is 5.69 Å². The molecule has 3 aromatic rings. The van der Waals surface area contributed by atoms with E-state index in [1.54, 1.807) is 31.2 Å². The first-order valence-electron chi connectivity index (χ1n) is 14.8. The van der Waals surface area contributed by atoms with Gasteiger partial charge in [0, 0.05) is 25.2 Å². The van der Waals surface area contributed by atoms with Gasteiger partial charge in [0.05, 0.1) is 49.1 Å². The summed E-state index contributed by atoms with van der Waals surface area (Å²) < 4.78 is 51.5. The quantitative estimate of drug-likeness (QED) is 0.198. The lowest BCUT2D eigenvalue weighted by Crippen LogP contribution is -2.52. The van der Waals surface area contributed by atoms with Crippen molar-refractivity contribution in [3.05, 3.63) is 70.2 Å². The number of amides is 2. The van der Waals surface area contributed by atoms with E-state index in [4.69, 9.17) is 42.1 Å². The number of carbonyl (C=O) groups is 2. The average molecular weight is 711 g/mol. The highest BCUT2D eigenvalue weighted by molar-refractivity contribution is 7.92. The molecule has 0 spiro atoms. The van der Waals surface area contributed by atoms with Crippen molar-refractivity contribution in [1.82, 2.24) is 10.2 Å². The number of benzene rings is 3. The van der Waals surface area contributed by atoms with Crippen LogP contribution in [0.25, 0.3) is 0 Å². The van der Waals surface area contributed by atoms with Crippen LogP contribution in [0.2, 0.25) is 10.0 Å². The molecule has 0 radical (unpaired) electrons. The fourth-order valence-electron chi connectivity index (χ4n) is 4.79. The van der Waals surface area contributed by atoms with Gasteiger partial charge in [-0.15, -0.1) is 0 Å². The van der Waals surface area contributed by atoms with Crippen LogP contribution in [0.15, 0.2) is 59.5 Å². The zero-order chi connectivity index (χ0) is 34.9. The number of halogens is 2. The standard InChI is InChI=1S/C33H41Cl2N3O8S/c1-8-27(33(40)36-18-21(2)3)37(19-22-9-12-25(34)26(35)15-22)32(39)20-38(28-16-23(43-4)10-13-29(28)44-5)47(41,42)24-11-14-30(45-6)31(17-24)46-7/h9-17,21,27H,8,18-20H2,1-7H3,(H,36,40)/t27-/m1/s1. The number of anilines is 1. The number of rotatable bonds is 16. The van der Waals surface area contributed by atoms with Gasteiger partial charge in [-0.05, 0) is 54.3 Å². The van der Waals surface area contributed by atoms with E-state index < -0.39 is 28.5 Å². The fourth-order valence-corrected chi connectivity index (χ4v) is 6.54. The molecule has 11 nitrogen and oxygen atoms in total. The number of carbonyl (C=O) groups excluding carboxylic acids is 2. The summed E-state index contributed by atoms with van der Waals surface area (Å²) in [6, 6.07) is 12.7. The molecule has 3 aromatic carbocycles. The molecule has 3 rings (SSSR count). The number of nitrogens with zero attached hydrogens (tertiary/aromatic N) is 2. The van der Waals surface area contributed by atoms with Crippen molar-refractivity contribution in [2.75, 3.05) is 45.8 Å². The Morgan fingerprint density at radius 1 is 0.830 bits per heavy atom. The molecule has 0 aliphatic rings. The van der Waals surface area contributed by atoms with E-state index >= 15 is 0 Å². The summed E-state index contributed by atoms with van der Waals surface area (Å²) in [4.78, 5) is 29.1. The van der Waals surface area contributed by atoms with Crippen molar-refractivity contribution in [3.63, 3.8) is 0 Å². The van der Waals surface area contributed by atoms with Gasteiger partial charge in [-0.3, -0.25) is 13.9 Å². The maximum Gasteiger partial charge on any atom is 0.265 e. The summed E-state index contributed by atoms with van der Waals surface area (Å²) in [6.07, 6.45) is 0.252. The number of hydrogen-bond acceptors (Lipinski definition) is 8. The largest absolute Gasteiger partial charge is 0.497 e. The third-order valence-electron chi connectivity index (χ3n) is 7.28. The molecular formula is C33H41Cl2N3O8S. The van der Waals surface area contributed by atoms with Gasteiger partial charge in [0.2, 0.25) is 11.8 Å². The molecule has 0 aromatic heterocycles. The summed E-state index contributed by atoms with van der Waals surface area (Å²) in [5.41, 5.74) is 0.637. The van der Waals surface area contributed by atoms with Crippen LogP contribution in [0, 0.1) is 5.92 Å². The van der Waals surface area contributed by atoms with Crippen molar-refractivity contribution in [2.45, 2.75) is 44.7 Å². The molecule has 256 valence electrons.